The van der Waals surface area contributed by atoms with E-state index in [4.69, 9.17) is 9.15 Å². The van der Waals surface area contributed by atoms with Crippen LogP contribution in [0.4, 0.5) is 5.69 Å². The van der Waals surface area contributed by atoms with E-state index in [1.54, 1.807) is 13.8 Å². The zero-order valence-corrected chi connectivity index (χ0v) is 6.67. The molecule has 0 spiro atoms. The number of nitrogens with zero attached hydrogens (tertiary/aromatic N) is 1. The van der Waals surface area contributed by atoms with Crippen molar-refractivity contribution in [2.45, 2.75) is 13.8 Å². The van der Waals surface area contributed by atoms with E-state index in [0.29, 0.717) is 17.3 Å². The van der Waals surface area contributed by atoms with E-state index in [1.165, 1.54) is 7.11 Å². The molecule has 0 fully saturated rings. The average Bonchev–Trinajstić information content (AvgIpc) is 2.24. The van der Waals surface area contributed by atoms with Gasteiger partial charge in [-0.15, -0.1) is 4.91 Å². The van der Waals surface area contributed by atoms with Crippen molar-refractivity contribution in [2.24, 2.45) is 5.18 Å². The molecule has 1 rings (SSSR count). The summed E-state index contributed by atoms with van der Waals surface area (Å²) < 4.78 is 10.0. The molecule has 0 saturated heterocycles. The predicted molar refractivity (Wildman–Crippen MR) is 40.2 cm³/mol. The summed E-state index contributed by atoms with van der Waals surface area (Å²) in [7, 11) is 1.48. The fraction of sp³-hybridized carbons (Fsp3) is 0.429. The van der Waals surface area contributed by atoms with Crippen molar-refractivity contribution in [3.63, 3.8) is 0 Å². The van der Waals surface area contributed by atoms with Crippen LogP contribution in [-0.4, -0.2) is 7.11 Å². The fourth-order valence-electron chi connectivity index (χ4n) is 0.997. The van der Waals surface area contributed by atoms with E-state index in [2.05, 4.69) is 5.18 Å². The Kier molecular flexibility index (Phi) is 1.94. The summed E-state index contributed by atoms with van der Waals surface area (Å²) in [5, 5.41) is 2.79. The number of rotatable bonds is 2. The molecule has 4 nitrogen and oxygen atoms in total. The van der Waals surface area contributed by atoms with Crippen LogP contribution in [0.3, 0.4) is 0 Å². The molecule has 0 atom stereocenters. The molecule has 0 saturated carbocycles. The van der Waals surface area contributed by atoms with E-state index < -0.39 is 0 Å². The third-order valence-electron chi connectivity index (χ3n) is 1.47. The van der Waals surface area contributed by atoms with Gasteiger partial charge in [-0.25, -0.2) is 0 Å². The molecule has 0 radical (unpaired) electrons. The number of furan rings is 1. The van der Waals surface area contributed by atoms with Gasteiger partial charge in [0.2, 0.25) is 0 Å². The molecule has 0 unspecified atom stereocenters. The number of ether oxygens (including phenoxy) is 1. The second-order valence-electron chi connectivity index (χ2n) is 2.19. The van der Waals surface area contributed by atoms with Gasteiger partial charge in [0.15, 0.2) is 11.4 Å². The highest BCUT2D eigenvalue weighted by Crippen LogP contribution is 2.36. The van der Waals surface area contributed by atoms with Crippen LogP contribution in [0, 0.1) is 18.8 Å². The van der Waals surface area contributed by atoms with Gasteiger partial charge in [-0.1, -0.05) is 0 Å². The SMILES string of the molecule is COc1c(C)oc(C)c1N=O. The minimum absolute atomic E-state index is 0.255. The molecule has 0 bridgehead atoms. The number of methoxy groups -OCH3 is 1. The number of nitroso groups, excluding NO2 is 1. The zero-order valence-electron chi connectivity index (χ0n) is 6.67. The van der Waals surface area contributed by atoms with Gasteiger partial charge in [0.05, 0.1) is 7.11 Å². The van der Waals surface area contributed by atoms with E-state index in [9.17, 15) is 4.91 Å². The van der Waals surface area contributed by atoms with Crippen molar-refractivity contribution in [1.82, 2.24) is 0 Å². The molecular weight excluding hydrogens is 146 g/mol. The normalized spacial score (nSPS) is 9.73. The van der Waals surface area contributed by atoms with Crippen LogP contribution < -0.4 is 4.74 Å². The third-order valence-corrected chi connectivity index (χ3v) is 1.47. The Morgan fingerprint density at radius 2 is 2.00 bits per heavy atom. The molecule has 60 valence electrons. The first kappa shape index (κ1) is 7.78. The van der Waals surface area contributed by atoms with Gasteiger partial charge in [0.25, 0.3) is 0 Å². The molecule has 0 N–H and O–H groups in total. The Morgan fingerprint density at radius 1 is 1.36 bits per heavy atom. The molecule has 0 aliphatic heterocycles. The van der Waals surface area contributed by atoms with Crippen molar-refractivity contribution in [3.05, 3.63) is 16.4 Å². The number of hydrogen-bond acceptors (Lipinski definition) is 4. The summed E-state index contributed by atoms with van der Waals surface area (Å²) in [6, 6.07) is 0. The Labute approximate surface area is 64.1 Å². The quantitative estimate of drug-likeness (QED) is 0.615. The first-order chi connectivity index (χ1) is 5.20. The monoisotopic (exact) mass is 155 g/mol. The Balaban J connectivity index is 3.28. The fourth-order valence-corrected chi connectivity index (χ4v) is 0.997. The second-order valence-corrected chi connectivity index (χ2v) is 2.19. The molecule has 0 aromatic carbocycles. The van der Waals surface area contributed by atoms with Crippen LogP contribution in [0.1, 0.15) is 11.5 Å². The average molecular weight is 155 g/mol. The van der Waals surface area contributed by atoms with E-state index in [1.807, 2.05) is 0 Å². The largest absolute Gasteiger partial charge is 0.491 e. The Bertz CT molecular complexity index is 277. The van der Waals surface area contributed by atoms with Crippen LogP contribution in [0.5, 0.6) is 5.75 Å². The van der Waals surface area contributed by atoms with Crippen molar-refractivity contribution in [2.75, 3.05) is 7.11 Å². The van der Waals surface area contributed by atoms with E-state index >= 15 is 0 Å². The maximum absolute atomic E-state index is 10.2. The molecule has 1 heterocycles. The van der Waals surface area contributed by atoms with E-state index in [0.717, 1.165) is 0 Å². The lowest BCUT2D eigenvalue weighted by molar-refractivity contribution is 0.396. The maximum atomic E-state index is 10.2. The topological polar surface area (TPSA) is 51.8 Å². The highest BCUT2D eigenvalue weighted by atomic mass is 16.5. The summed E-state index contributed by atoms with van der Waals surface area (Å²) in [6.45, 7) is 3.40. The summed E-state index contributed by atoms with van der Waals surface area (Å²) in [5.74, 6) is 1.51. The van der Waals surface area contributed by atoms with E-state index in [-0.39, 0.29) is 5.69 Å². The number of hydrogen-bond donors (Lipinski definition) is 0. The maximum Gasteiger partial charge on any atom is 0.191 e. The highest BCUT2D eigenvalue weighted by Gasteiger charge is 2.15. The molecule has 0 aliphatic rings. The van der Waals surface area contributed by atoms with Crippen LogP contribution in [0.25, 0.3) is 0 Å². The Hall–Kier alpha value is -1.32. The molecule has 1 aromatic heterocycles. The lowest BCUT2D eigenvalue weighted by Gasteiger charge is -1.93. The van der Waals surface area contributed by atoms with Gasteiger partial charge in [0.1, 0.15) is 11.5 Å². The van der Waals surface area contributed by atoms with Crippen LogP contribution in [0.2, 0.25) is 0 Å². The van der Waals surface area contributed by atoms with Gasteiger partial charge in [0, 0.05) is 0 Å². The van der Waals surface area contributed by atoms with Crippen molar-refractivity contribution >= 4 is 5.69 Å². The van der Waals surface area contributed by atoms with Gasteiger partial charge < -0.3 is 9.15 Å². The van der Waals surface area contributed by atoms with Crippen LogP contribution in [0.15, 0.2) is 9.59 Å². The van der Waals surface area contributed by atoms with Gasteiger partial charge in [-0.2, -0.15) is 0 Å². The summed E-state index contributed by atoms with van der Waals surface area (Å²) >= 11 is 0. The summed E-state index contributed by atoms with van der Waals surface area (Å²) in [4.78, 5) is 10.2. The minimum atomic E-state index is 0.255. The Morgan fingerprint density at radius 3 is 2.36 bits per heavy atom. The van der Waals surface area contributed by atoms with Gasteiger partial charge in [-0.3, -0.25) is 0 Å². The lowest BCUT2D eigenvalue weighted by Crippen LogP contribution is -1.81. The standard InChI is InChI=1S/C7H9NO3/c1-4-6(8-9)7(10-3)5(2)11-4/h1-3H3. The first-order valence-electron chi connectivity index (χ1n) is 3.18. The van der Waals surface area contributed by atoms with Crippen molar-refractivity contribution in [1.29, 1.82) is 0 Å². The molecule has 4 heteroatoms. The summed E-state index contributed by atoms with van der Waals surface area (Å²) in [5.41, 5.74) is 0.255. The van der Waals surface area contributed by atoms with Crippen LogP contribution in [-0.2, 0) is 0 Å². The highest BCUT2D eigenvalue weighted by molar-refractivity contribution is 5.56. The molecule has 11 heavy (non-hydrogen) atoms. The van der Waals surface area contributed by atoms with Crippen molar-refractivity contribution in [3.8, 4) is 5.75 Å². The van der Waals surface area contributed by atoms with Crippen LogP contribution >= 0.6 is 0 Å². The predicted octanol–water partition coefficient (Wildman–Crippen LogP) is 2.30. The van der Waals surface area contributed by atoms with Crippen molar-refractivity contribution < 1.29 is 9.15 Å². The summed E-state index contributed by atoms with van der Waals surface area (Å²) in [6.07, 6.45) is 0. The number of aryl methyl sites for hydroxylation is 2. The second kappa shape index (κ2) is 2.74. The smallest absolute Gasteiger partial charge is 0.191 e. The lowest BCUT2D eigenvalue weighted by atomic mass is 10.3. The van der Waals surface area contributed by atoms with Gasteiger partial charge >= 0.3 is 0 Å². The first-order valence-corrected chi connectivity index (χ1v) is 3.18. The molecular formula is C7H9NO3. The van der Waals surface area contributed by atoms with Gasteiger partial charge in [-0.05, 0) is 19.0 Å². The third kappa shape index (κ3) is 1.11. The zero-order chi connectivity index (χ0) is 8.43. The molecule has 0 aliphatic carbocycles. The molecule has 1 aromatic rings. The minimum Gasteiger partial charge on any atom is -0.491 e. The molecule has 0 amide bonds.